The summed E-state index contributed by atoms with van der Waals surface area (Å²) in [7, 11) is 2.02. The summed E-state index contributed by atoms with van der Waals surface area (Å²) in [6.45, 7) is 4.62. The van der Waals surface area contributed by atoms with E-state index in [1.807, 2.05) is 56.8 Å². The van der Waals surface area contributed by atoms with Crippen LogP contribution in [0.25, 0.3) is 22.0 Å². The molecule has 0 atom stereocenters. The number of carbonyl (C=O) groups is 1. The molecule has 168 valence electrons. The van der Waals surface area contributed by atoms with Gasteiger partial charge in [-0.25, -0.2) is 9.97 Å². The Hall–Kier alpha value is -3.58. The fraction of sp³-hybridized carbons (Fsp3) is 0.308. The van der Waals surface area contributed by atoms with Crippen molar-refractivity contribution in [3.05, 3.63) is 72.6 Å². The molecule has 4 aromatic rings. The number of fused-ring (bicyclic) bond motifs is 1. The third-order valence-electron chi connectivity index (χ3n) is 6.56. The number of benzene rings is 1. The van der Waals surface area contributed by atoms with Gasteiger partial charge in [0.1, 0.15) is 11.6 Å². The predicted octanol–water partition coefficient (Wildman–Crippen LogP) is 4.19. The Bertz CT molecular complexity index is 1270. The minimum atomic E-state index is 0.00577. The zero-order valence-electron chi connectivity index (χ0n) is 19.0. The van der Waals surface area contributed by atoms with E-state index in [4.69, 9.17) is 0 Å². The van der Waals surface area contributed by atoms with Crippen molar-refractivity contribution >= 4 is 22.5 Å². The fourth-order valence-electron chi connectivity index (χ4n) is 4.44. The van der Waals surface area contributed by atoms with E-state index in [-0.39, 0.29) is 11.8 Å². The Morgan fingerprint density at radius 2 is 1.88 bits per heavy atom. The number of rotatable bonds is 5. The summed E-state index contributed by atoms with van der Waals surface area (Å²) < 4.78 is 2.07. The molecule has 0 radical (unpaired) electrons. The van der Waals surface area contributed by atoms with E-state index in [1.165, 1.54) is 0 Å². The Labute approximate surface area is 193 Å². The highest BCUT2D eigenvalue weighted by Crippen LogP contribution is 2.26. The summed E-state index contributed by atoms with van der Waals surface area (Å²) in [6.07, 6.45) is 7.22. The van der Waals surface area contributed by atoms with Crippen LogP contribution >= 0.6 is 0 Å². The zero-order valence-corrected chi connectivity index (χ0v) is 19.0. The van der Waals surface area contributed by atoms with Gasteiger partial charge in [-0.3, -0.25) is 14.7 Å². The molecule has 1 N–H and O–H groups in total. The Kier molecular flexibility index (Phi) is 5.88. The summed E-state index contributed by atoms with van der Waals surface area (Å²) >= 11 is 0. The Balaban J connectivity index is 1.24. The average Bonchev–Trinajstić information content (AvgIpc) is 3.18. The van der Waals surface area contributed by atoms with Crippen LogP contribution in [-0.4, -0.2) is 43.4 Å². The number of carbonyl (C=O) groups excluding carboxylic acids is 1. The number of piperidine rings is 1. The number of aromatic nitrogens is 4. The molecule has 0 spiro atoms. The summed E-state index contributed by atoms with van der Waals surface area (Å²) in [6, 6.07) is 14.2. The van der Waals surface area contributed by atoms with Gasteiger partial charge in [0.25, 0.3) is 0 Å². The van der Waals surface area contributed by atoms with E-state index in [9.17, 15) is 4.79 Å². The van der Waals surface area contributed by atoms with E-state index in [2.05, 4.69) is 47.9 Å². The Morgan fingerprint density at radius 1 is 1.03 bits per heavy atom. The molecule has 3 aromatic heterocycles. The van der Waals surface area contributed by atoms with Gasteiger partial charge < -0.3 is 9.88 Å². The van der Waals surface area contributed by atoms with Crippen molar-refractivity contribution in [1.29, 1.82) is 0 Å². The van der Waals surface area contributed by atoms with Gasteiger partial charge >= 0.3 is 0 Å². The first-order valence-electron chi connectivity index (χ1n) is 11.4. The van der Waals surface area contributed by atoms with Crippen LogP contribution < -0.4 is 5.32 Å². The molecule has 1 aromatic carbocycles. The lowest BCUT2D eigenvalue weighted by molar-refractivity contribution is -0.121. The first-order valence-corrected chi connectivity index (χ1v) is 11.4. The van der Waals surface area contributed by atoms with Gasteiger partial charge in [-0.2, -0.15) is 0 Å². The van der Waals surface area contributed by atoms with E-state index >= 15 is 0 Å². The molecule has 1 fully saturated rings. The van der Waals surface area contributed by atoms with E-state index in [0.29, 0.717) is 5.82 Å². The van der Waals surface area contributed by atoms with Crippen molar-refractivity contribution in [2.45, 2.75) is 26.3 Å². The van der Waals surface area contributed by atoms with Crippen molar-refractivity contribution < 1.29 is 4.79 Å². The van der Waals surface area contributed by atoms with Crippen LogP contribution in [0.5, 0.6) is 0 Å². The van der Waals surface area contributed by atoms with Gasteiger partial charge in [0, 0.05) is 42.9 Å². The van der Waals surface area contributed by atoms with Gasteiger partial charge in [-0.15, -0.1) is 0 Å². The molecule has 7 heteroatoms. The minimum absolute atomic E-state index is 0.00577. The summed E-state index contributed by atoms with van der Waals surface area (Å²) in [5, 5.41) is 5.13. The van der Waals surface area contributed by atoms with Gasteiger partial charge in [-0.05, 0) is 62.5 Å². The number of imidazole rings is 1. The van der Waals surface area contributed by atoms with Crippen molar-refractivity contribution in [2.24, 2.45) is 13.0 Å². The molecule has 1 amide bonds. The van der Waals surface area contributed by atoms with Gasteiger partial charge in [-0.1, -0.05) is 18.2 Å². The number of pyridine rings is 2. The molecule has 1 saturated heterocycles. The second-order valence-corrected chi connectivity index (χ2v) is 8.74. The lowest BCUT2D eigenvalue weighted by atomic mass is 9.95. The monoisotopic (exact) mass is 440 g/mol. The summed E-state index contributed by atoms with van der Waals surface area (Å²) in [4.78, 5) is 28.5. The molecule has 0 saturated carbocycles. The quantitative estimate of drug-likeness (QED) is 0.504. The summed E-state index contributed by atoms with van der Waals surface area (Å²) in [5.74, 6) is 1.63. The maximum absolute atomic E-state index is 12.9. The number of aryl methyl sites for hydroxylation is 1. The number of hydrogen-bond acceptors (Lipinski definition) is 5. The van der Waals surface area contributed by atoms with E-state index in [1.54, 1.807) is 0 Å². The number of amides is 1. The van der Waals surface area contributed by atoms with Gasteiger partial charge in [0.05, 0.1) is 17.6 Å². The van der Waals surface area contributed by atoms with Crippen LogP contribution in [0.4, 0.5) is 5.82 Å². The van der Waals surface area contributed by atoms with E-state index in [0.717, 1.165) is 66.0 Å². The fourth-order valence-corrected chi connectivity index (χ4v) is 4.44. The second kappa shape index (κ2) is 9.11. The third-order valence-corrected chi connectivity index (χ3v) is 6.56. The SMILES string of the molecule is Cc1ncc(-c2ccc3cnc(NC(=O)C4CCN(Cc5ccccn5)CC4)cc3c2)n1C. The summed E-state index contributed by atoms with van der Waals surface area (Å²) in [5.41, 5.74) is 3.23. The lowest BCUT2D eigenvalue weighted by Gasteiger charge is -2.30. The zero-order chi connectivity index (χ0) is 22.8. The van der Waals surface area contributed by atoms with Crippen molar-refractivity contribution in [2.75, 3.05) is 18.4 Å². The third kappa shape index (κ3) is 4.64. The second-order valence-electron chi connectivity index (χ2n) is 8.74. The smallest absolute Gasteiger partial charge is 0.228 e. The maximum atomic E-state index is 12.9. The number of likely N-dealkylation sites (tertiary alicyclic amines) is 1. The van der Waals surface area contributed by atoms with Crippen LogP contribution in [0, 0.1) is 12.8 Å². The molecular weight excluding hydrogens is 412 g/mol. The molecule has 0 aliphatic carbocycles. The van der Waals surface area contributed by atoms with Gasteiger partial charge in [0.15, 0.2) is 0 Å². The predicted molar refractivity (Wildman–Crippen MR) is 130 cm³/mol. The molecular formula is C26H28N6O. The molecule has 33 heavy (non-hydrogen) atoms. The minimum Gasteiger partial charge on any atom is -0.331 e. The standard InChI is InChI=1S/C26H28N6O/c1-18-28-16-24(31(18)2)20-6-7-21-15-29-25(14-22(21)13-20)30-26(33)19-8-11-32(12-9-19)17-23-5-3-4-10-27-23/h3-7,10,13-16,19H,8-9,11-12,17H2,1-2H3,(H,29,30,33). The van der Waals surface area contributed by atoms with Gasteiger partial charge in [0.2, 0.25) is 5.91 Å². The molecule has 7 nitrogen and oxygen atoms in total. The number of hydrogen-bond donors (Lipinski definition) is 1. The normalized spacial score (nSPS) is 15.1. The number of anilines is 1. The molecule has 4 heterocycles. The maximum Gasteiger partial charge on any atom is 0.228 e. The molecule has 0 bridgehead atoms. The highest BCUT2D eigenvalue weighted by molar-refractivity contribution is 5.95. The van der Waals surface area contributed by atoms with Crippen LogP contribution in [0.15, 0.2) is 61.1 Å². The van der Waals surface area contributed by atoms with Crippen molar-refractivity contribution in [3.8, 4) is 11.3 Å². The number of nitrogens with zero attached hydrogens (tertiary/aromatic N) is 5. The van der Waals surface area contributed by atoms with Crippen molar-refractivity contribution in [1.82, 2.24) is 24.4 Å². The van der Waals surface area contributed by atoms with E-state index < -0.39 is 0 Å². The molecule has 1 aliphatic rings. The number of nitrogens with one attached hydrogen (secondary N) is 1. The highest BCUT2D eigenvalue weighted by atomic mass is 16.1. The van der Waals surface area contributed by atoms with Crippen molar-refractivity contribution in [3.63, 3.8) is 0 Å². The topological polar surface area (TPSA) is 75.9 Å². The average molecular weight is 441 g/mol. The molecule has 5 rings (SSSR count). The first kappa shape index (κ1) is 21.3. The van der Waals surface area contributed by atoms with Crippen LogP contribution in [0.2, 0.25) is 0 Å². The van der Waals surface area contributed by atoms with Crippen LogP contribution in [-0.2, 0) is 18.4 Å². The Morgan fingerprint density at radius 3 is 2.61 bits per heavy atom. The first-order chi connectivity index (χ1) is 16.1. The molecule has 1 aliphatic heterocycles. The van der Waals surface area contributed by atoms with Crippen LogP contribution in [0.1, 0.15) is 24.4 Å². The lowest BCUT2D eigenvalue weighted by Crippen LogP contribution is -2.38. The highest BCUT2D eigenvalue weighted by Gasteiger charge is 2.25. The molecule has 0 unspecified atom stereocenters. The van der Waals surface area contributed by atoms with Crippen LogP contribution in [0.3, 0.4) is 0 Å². The largest absolute Gasteiger partial charge is 0.331 e.